The van der Waals surface area contributed by atoms with E-state index in [0.717, 1.165) is 19.3 Å². The highest BCUT2D eigenvalue weighted by Crippen LogP contribution is 2.33. The molecule has 0 bridgehead atoms. The largest absolute Gasteiger partial charge is 0.399 e. The standard InChI is InChI=1S/C15H23FN2O2S/c1-11-9-12(17)10-13(14(11)16)21(19,20)18-7-4-5-15(2,3)6-8-18/h9-10H,4-8,17H2,1-3H3. The first-order valence-electron chi connectivity index (χ1n) is 7.19. The number of nitrogens with two attached hydrogens (primary N) is 1. The summed E-state index contributed by atoms with van der Waals surface area (Å²) in [5, 5.41) is 0. The molecule has 1 aliphatic rings. The summed E-state index contributed by atoms with van der Waals surface area (Å²) >= 11 is 0. The number of benzene rings is 1. The number of anilines is 1. The number of nitrogens with zero attached hydrogens (tertiary/aromatic N) is 1. The van der Waals surface area contributed by atoms with E-state index < -0.39 is 15.8 Å². The minimum atomic E-state index is -3.83. The summed E-state index contributed by atoms with van der Waals surface area (Å²) in [6.07, 6.45) is 2.53. The van der Waals surface area contributed by atoms with Gasteiger partial charge in [0, 0.05) is 18.8 Å². The molecule has 0 spiro atoms. The van der Waals surface area contributed by atoms with Crippen LogP contribution >= 0.6 is 0 Å². The van der Waals surface area contributed by atoms with Crippen molar-refractivity contribution in [1.29, 1.82) is 0 Å². The summed E-state index contributed by atoms with van der Waals surface area (Å²) in [5.74, 6) is -0.701. The van der Waals surface area contributed by atoms with Crippen LogP contribution in [0.4, 0.5) is 10.1 Å². The minimum absolute atomic E-state index is 0.119. The van der Waals surface area contributed by atoms with Gasteiger partial charge in [-0.05, 0) is 49.3 Å². The van der Waals surface area contributed by atoms with Crippen molar-refractivity contribution < 1.29 is 12.8 Å². The van der Waals surface area contributed by atoms with Crippen molar-refractivity contribution in [3.8, 4) is 0 Å². The van der Waals surface area contributed by atoms with E-state index in [1.165, 1.54) is 23.4 Å². The monoisotopic (exact) mass is 314 g/mol. The molecular formula is C15H23FN2O2S. The predicted molar refractivity (Wildman–Crippen MR) is 81.9 cm³/mol. The molecule has 0 aromatic heterocycles. The number of aryl methyl sites for hydroxylation is 1. The molecule has 0 atom stereocenters. The van der Waals surface area contributed by atoms with E-state index in [-0.39, 0.29) is 21.6 Å². The van der Waals surface area contributed by atoms with Crippen LogP contribution in [0.15, 0.2) is 17.0 Å². The van der Waals surface area contributed by atoms with Crippen molar-refractivity contribution in [3.63, 3.8) is 0 Å². The Bertz CT molecular complexity index is 641. The molecule has 1 aromatic carbocycles. The summed E-state index contributed by atoms with van der Waals surface area (Å²) in [5.41, 5.74) is 6.32. The molecule has 6 heteroatoms. The van der Waals surface area contributed by atoms with Gasteiger partial charge in [-0.2, -0.15) is 4.31 Å². The first kappa shape index (κ1) is 16.2. The number of nitrogen functional groups attached to an aromatic ring is 1. The SMILES string of the molecule is Cc1cc(N)cc(S(=O)(=O)N2CCCC(C)(C)CC2)c1F. The highest BCUT2D eigenvalue weighted by atomic mass is 32.2. The first-order chi connectivity index (χ1) is 9.63. The van der Waals surface area contributed by atoms with Crippen LogP contribution in [-0.4, -0.2) is 25.8 Å². The fraction of sp³-hybridized carbons (Fsp3) is 0.600. The molecule has 0 radical (unpaired) electrons. The maximum atomic E-state index is 14.2. The summed E-state index contributed by atoms with van der Waals surface area (Å²) in [6.45, 7) is 6.64. The Morgan fingerprint density at radius 2 is 1.90 bits per heavy atom. The Balaban J connectivity index is 2.39. The van der Waals surface area contributed by atoms with Crippen molar-refractivity contribution in [2.24, 2.45) is 5.41 Å². The molecule has 0 saturated carbocycles. The average molecular weight is 314 g/mol. The van der Waals surface area contributed by atoms with Gasteiger partial charge in [-0.15, -0.1) is 0 Å². The molecule has 1 saturated heterocycles. The third-order valence-electron chi connectivity index (χ3n) is 4.16. The van der Waals surface area contributed by atoms with Crippen LogP contribution in [0.25, 0.3) is 0 Å². The molecule has 4 nitrogen and oxygen atoms in total. The maximum Gasteiger partial charge on any atom is 0.246 e. The highest BCUT2D eigenvalue weighted by Gasteiger charge is 2.32. The molecule has 21 heavy (non-hydrogen) atoms. The van der Waals surface area contributed by atoms with Crippen molar-refractivity contribution >= 4 is 15.7 Å². The third kappa shape index (κ3) is 3.37. The van der Waals surface area contributed by atoms with E-state index in [1.54, 1.807) is 0 Å². The molecule has 0 aliphatic carbocycles. The van der Waals surface area contributed by atoms with Crippen LogP contribution in [0, 0.1) is 18.2 Å². The normalized spacial score (nSPS) is 20.2. The Labute approximate surface area is 126 Å². The smallest absolute Gasteiger partial charge is 0.246 e. The van der Waals surface area contributed by atoms with Gasteiger partial charge in [0.2, 0.25) is 10.0 Å². The molecule has 0 amide bonds. The van der Waals surface area contributed by atoms with Gasteiger partial charge in [0.1, 0.15) is 10.7 Å². The second-order valence-corrected chi connectivity index (χ2v) is 8.48. The van der Waals surface area contributed by atoms with Gasteiger partial charge in [-0.1, -0.05) is 13.8 Å². The zero-order chi connectivity index (χ0) is 15.8. The summed E-state index contributed by atoms with van der Waals surface area (Å²) < 4.78 is 41.0. The zero-order valence-corrected chi connectivity index (χ0v) is 13.6. The fourth-order valence-electron chi connectivity index (χ4n) is 2.73. The maximum absolute atomic E-state index is 14.2. The quantitative estimate of drug-likeness (QED) is 0.854. The van der Waals surface area contributed by atoms with Gasteiger partial charge < -0.3 is 5.73 Å². The van der Waals surface area contributed by atoms with Gasteiger partial charge in [-0.3, -0.25) is 0 Å². The summed E-state index contributed by atoms with van der Waals surface area (Å²) in [4.78, 5) is -0.306. The molecule has 1 aliphatic heterocycles. The predicted octanol–water partition coefficient (Wildman–Crippen LogP) is 2.92. The van der Waals surface area contributed by atoms with Gasteiger partial charge >= 0.3 is 0 Å². The van der Waals surface area contributed by atoms with E-state index in [0.29, 0.717) is 13.1 Å². The lowest BCUT2D eigenvalue weighted by atomic mass is 9.85. The molecule has 1 heterocycles. The van der Waals surface area contributed by atoms with E-state index in [9.17, 15) is 12.8 Å². The van der Waals surface area contributed by atoms with E-state index in [1.807, 2.05) is 0 Å². The average Bonchev–Trinajstić information content (AvgIpc) is 2.55. The molecule has 118 valence electrons. The van der Waals surface area contributed by atoms with Gasteiger partial charge in [0.05, 0.1) is 0 Å². The van der Waals surface area contributed by atoms with Crippen molar-refractivity contribution in [2.75, 3.05) is 18.8 Å². The Kier molecular flexibility index (Phi) is 4.31. The second kappa shape index (κ2) is 5.57. The molecule has 2 N–H and O–H groups in total. The van der Waals surface area contributed by atoms with E-state index >= 15 is 0 Å². The zero-order valence-electron chi connectivity index (χ0n) is 12.8. The number of hydrogen-bond donors (Lipinski definition) is 1. The number of hydrogen-bond acceptors (Lipinski definition) is 3. The van der Waals surface area contributed by atoms with Gasteiger partial charge in [0.15, 0.2) is 0 Å². The highest BCUT2D eigenvalue weighted by molar-refractivity contribution is 7.89. The third-order valence-corrected chi connectivity index (χ3v) is 6.06. The molecular weight excluding hydrogens is 291 g/mol. The fourth-order valence-corrected chi connectivity index (χ4v) is 4.38. The Morgan fingerprint density at radius 1 is 1.24 bits per heavy atom. The number of halogens is 1. The van der Waals surface area contributed by atoms with Crippen LogP contribution in [0.3, 0.4) is 0 Å². The lowest BCUT2D eigenvalue weighted by Crippen LogP contribution is -2.33. The van der Waals surface area contributed by atoms with Crippen LogP contribution in [-0.2, 0) is 10.0 Å². The topological polar surface area (TPSA) is 63.4 Å². The first-order valence-corrected chi connectivity index (χ1v) is 8.63. The Morgan fingerprint density at radius 3 is 2.57 bits per heavy atom. The molecule has 1 fully saturated rings. The molecule has 2 rings (SSSR count). The van der Waals surface area contributed by atoms with Crippen molar-refractivity contribution in [3.05, 3.63) is 23.5 Å². The van der Waals surface area contributed by atoms with Crippen molar-refractivity contribution in [1.82, 2.24) is 4.31 Å². The minimum Gasteiger partial charge on any atom is -0.399 e. The number of sulfonamides is 1. The second-order valence-electron chi connectivity index (χ2n) is 6.57. The summed E-state index contributed by atoms with van der Waals surface area (Å²) in [7, 11) is -3.83. The summed E-state index contributed by atoms with van der Waals surface area (Å²) in [6, 6.07) is 2.66. The lowest BCUT2D eigenvalue weighted by molar-refractivity contribution is 0.314. The van der Waals surface area contributed by atoms with Crippen LogP contribution in [0.2, 0.25) is 0 Å². The van der Waals surface area contributed by atoms with Crippen LogP contribution < -0.4 is 5.73 Å². The Hall–Kier alpha value is -1.14. The van der Waals surface area contributed by atoms with Crippen LogP contribution in [0.1, 0.15) is 38.7 Å². The molecule has 0 unspecified atom stereocenters. The lowest BCUT2D eigenvalue weighted by Gasteiger charge is -2.23. The van der Waals surface area contributed by atoms with Crippen LogP contribution in [0.5, 0.6) is 0 Å². The van der Waals surface area contributed by atoms with E-state index in [4.69, 9.17) is 5.73 Å². The van der Waals surface area contributed by atoms with E-state index in [2.05, 4.69) is 13.8 Å². The van der Waals surface area contributed by atoms with Crippen molar-refractivity contribution in [2.45, 2.75) is 44.9 Å². The van der Waals surface area contributed by atoms with Gasteiger partial charge in [0.25, 0.3) is 0 Å². The van der Waals surface area contributed by atoms with Gasteiger partial charge in [-0.25, -0.2) is 12.8 Å². The number of rotatable bonds is 2. The molecule has 1 aromatic rings.